The lowest BCUT2D eigenvalue weighted by Gasteiger charge is -2.34. The van der Waals surface area contributed by atoms with Gasteiger partial charge in [-0.25, -0.2) is 4.99 Å². The Balaban J connectivity index is 0.00000363. The zero-order valence-electron chi connectivity index (χ0n) is 19.4. The average molecular weight is 554 g/mol. The lowest BCUT2D eigenvalue weighted by atomic mass is 10.0. The molecule has 3 rings (SSSR count). The van der Waals surface area contributed by atoms with Gasteiger partial charge in [0.15, 0.2) is 5.96 Å². The van der Waals surface area contributed by atoms with Gasteiger partial charge >= 0.3 is 0 Å². The molecule has 7 nitrogen and oxygen atoms in total. The van der Waals surface area contributed by atoms with Crippen molar-refractivity contribution in [1.29, 1.82) is 0 Å². The topological polar surface area (TPSA) is 67.4 Å². The summed E-state index contributed by atoms with van der Waals surface area (Å²) < 4.78 is 16.1. The first-order valence-electron chi connectivity index (χ1n) is 10.8. The zero-order chi connectivity index (χ0) is 22.1. The summed E-state index contributed by atoms with van der Waals surface area (Å²) >= 11 is 0. The van der Waals surface area contributed by atoms with E-state index in [0.29, 0.717) is 12.6 Å². The van der Waals surface area contributed by atoms with E-state index in [-0.39, 0.29) is 24.0 Å². The molecule has 1 aliphatic rings. The van der Waals surface area contributed by atoms with Gasteiger partial charge in [0.1, 0.15) is 17.2 Å². The highest BCUT2D eigenvalue weighted by molar-refractivity contribution is 14.0. The van der Waals surface area contributed by atoms with Crippen LogP contribution in [0, 0.1) is 0 Å². The van der Waals surface area contributed by atoms with Gasteiger partial charge in [-0.15, -0.1) is 24.0 Å². The molecule has 0 amide bonds. The number of nitrogens with one attached hydrogen (secondary N) is 2. The van der Waals surface area contributed by atoms with Crippen LogP contribution in [0.3, 0.4) is 0 Å². The molecular formula is C24H35IN4O3. The Hall–Kier alpha value is -2.36. The van der Waals surface area contributed by atoms with Crippen LogP contribution in [0.4, 0.5) is 5.69 Å². The summed E-state index contributed by atoms with van der Waals surface area (Å²) in [4.78, 5) is 7.14. The number of guanidine groups is 1. The Bertz CT molecular complexity index is 831. The van der Waals surface area contributed by atoms with Crippen molar-refractivity contribution in [2.24, 2.45) is 4.99 Å². The van der Waals surface area contributed by atoms with Crippen molar-refractivity contribution in [2.75, 3.05) is 45.9 Å². The van der Waals surface area contributed by atoms with E-state index in [0.717, 1.165) is 66.9 Å². The molecular weight excluding hydrogens is 519 g/mol. The molecule has 2 N–H and O–H groups in total. The molecule has 0 atom stereocenters. The third kappa shape index (κ3) is 7.36. The Morgan fingerprint density at radius 2 is 1.53 bits per heavy atom. The smallest absolute Gasteiger partial charge is 0.191 e. The van der Waals surface area contributed by atoms with Gasteiger partial charge in [-0.3, -0.25) is 0 Å². The van der Waals surface area contributed by atoms with Crippen molar-refractivity contribution < 1.29 is 14.2 Å². The quantitative estimate of drug-likeness (QED) is 0.292. The van der Waals surface area contributed by atoms with E-state index in [1.165, 1.54) is 0 Å². The molecule has 1 saturated heterocycles. The molecule has 1 heterocycles. The number of nitrogens with zero attached hydrogens (tertiary/aromatic N) is 2. The van der Waals surface area contributed by atoms with Crippen molar-refractivity contribution >= 4 is 35.6 Å². The third-order valence-electron chi connectivity index (χ3n) is 5.46. The predicted molar refractivity (Wildman–Crippen MR) is 141 cm³/mol. The second-order valence-electron chi connectivity index (χ2n) is 7.52. The highest BCUT2D eigenvalue weighted by atomic mass is 127. The van der Waals surface area contributed by atoms with Crippen LogP contribution in [0.25, 0.3) is 0 Å². The standard InChI is InChI=1S/C24H34N4O3.HI/c1-5-25-24(26-17-18-6-8-21(29-2)9-7-18)27-19-10-12-28(13-11-19)20-14-22(30-3)16-23(15-20)31-4;/h6-9,14-16,19H,5,10-13,17H2,1-4H3,(H2,25,26,27);1H. The Morgan fingerprint density at radius 1 is 0.938 bits per heavy atom. The molecule has 0 aromatic heterocycles. The predicted octanol–water partition coefficient (Wildman–Crippen LogP) is 4.05. The Kier molecular flexibility index (Phi) is 10.7. The second-order valence-corrected chi connectivity index (χ2v) is 7.52. The van der Waals surface area contributed by atoms with E-state index in [9.17, 15) is 0 Å². The van der Waals surface area contributed by atoms with E-state index in [4.69, 9.17) is 19.2 Å². The summed E-state index contributed by atoms with van der Waals surface area (Å²) in [5.74, 6) is 3.35. The van der Waals surface area contributed by atoms with Crippen LogP contribution in [0.1, 0.15) is 25.3 Å². The number of aliphatic imine (C=N–C) groups is 1. The molecule has 0 spiro atoms. The molecule has 0 unspecified atom stereocenters. The number of rotatable bonds is 8. The highest BCUT2D eigenvalue weighted by Gasteiger charge is 2.21. The van der Waals surface area contributed by atoms with Crippen LogP contribution in [0.2, 0.25) is 0 Å². The van der Waals surface area contributed by atoms with Gasteiger partial charge in [0.05, 0.1) is 27.9 Å². The molecule has 0 radical (unpaired) electrons. The molecule has 8 heteroatoms. The maximum Gasteiger partial charge on any atom is 0.191 e. The summed E-state index contributed by atoms with van der Waals surface area (Å²) in [5, 5.41) is 6.97. The van der Waals surface area contributed by atoms with Gasteiger partial charge in [0, 0.05) is 49.6 Å². The number of hydrogen-bond acceptors (Lipinski definition) is 5. The SMILES string of the molecule is CCNC(=NCc1ccc(OC)cc1)NC1CCN(c2cc(OC)cc(OC)c2)CC1.I. The van der Waals surface area contributed by atoms with E-state index < -0.39 is 0 Å². The maximum atomic E-state index is 5.42. The molecule has 0 aliphatic carbocycles. The van der Waals surface area contributed by atoms with E-state index in [2.05, 4.69) is 34.6 Å². The summed E-state index contributed by atoms with van der Waals surface area (Å²) in [6.07, 6.45) is 2.07. The largest absolute Gasteiger partial charge is 0.497 e. The van der Waals surface area contributed by atoms with Crippen LogP contribution in [-0.2, 0) is 6.54 Å². The van der Waals surface area contributed by atoms with Crippen molar-refractivity contribution in [3.63, 3.8) is 0 Å². The number of hydrogen-bond donors (Lipinski definition) is 2. The van der Waals surface area contributed by atoms with Crippen LogP contribution >= 0.6 is 24.0 Å². The first kappa shape index (κ1) is 25.9. The lowest BCUT2D eigenvalue weighted by Crippen LogP contribution is -2.48. The Labute approximate surface area is 208 Å². The molecule has 1 aliphatic heterocycles. The number of ether oxygens (including phenoxy) is 3. The van der Waals surface area contributed by atoms with Crippen molar-refractivity contribution in [1.82, 2.24) is 10.6 Å². The molecule has 0 bridgehead atoms. The fourth-order valence-corrected chi connectivity index (χ4v) is 3.67. The third-order valence-corrected chi connectivity index (χ3v) is 5.46. The number of halogens is 1. The van der Waals surface area contributed by atoms with Crippen molar-refractivity contribution in [2.45, 2.75) is 32.4 Å². The van der Waals surface area contributed by atoms with Gasteiger partial charge in [-0.1, -0.05) is 12.1 Å². The second kappa shape index (κ2) is 13.2. The minimum Gasteiger partial charge on any atom is -0.497 e. The van der Waals surface area contributed by atoms with Gasteiger partial charge in [0.2, 0.25) is 0 Å². The summed E-state index contributed by atoms with van der Waals surface area (Å²) in [5.41, 5.74) is 2.29. The van der Waals surface area contributed by atoms with Crippen LogP contribution < -0.4 is 29.7 Å². The molecule has 176 valence electrons. The summed E-state index contributed by atoms with van der Waals surface area (Å²) in [6.45, 7) is 5.47. The summed E-state index contributed by atoms with van der Waals surface area (Å²) in [6, 6.07) is 14.5. The fraction of sp³-hybridized carbons (Fsp3) is 0.458. The normalized spacial score (nSPS) is 14.4. The molecule has 2 aromatic rings. The van der Waals surface area contributed by atoms with E-state index in [1.807, 2.05) is 30.3 Å². The molecule has 2 aromatic carbocycles. The first-order chi connectivity index (χ1) is 15.1. The first-order valence-corrected chi connectivity index (χ1v) is 10.8. The fourth-order valence-electron chi connectivity index (χ4n) is 3.67. The van der Waals surface area contributed by atoms with Crippen LogP contribution in [0.5, 0.6) is 17.2 Å². The number of anilines is 1. The van der Waals surface area contributed by atoms with Gasteiger partial charge < -0.3 is 29.7 Å². The number of methoxy groups -OCH3 is 3. The highest BCUT2D eigenvalue weighted by Crippen LogP contribution is 2.30. The minimum absolute atomic E-state index is 0. The van der Waals surface area contributed by atoms with E-state index >= 15 is 0 Å². The monoisotopic (exact) mass is 554 g/mol. The van der Waals surface area contributed by atoms with Crippen molar-refractivity contribution in [3.05, 3.63) is 48.0 Å². The summed E-state index contributed by atoms with van der Waals surface area (Å²) in [7, 11) is 5.04. The van der Waals surface area contributed by atoms with Crippen LogP contribution in [-0.4, -0.2) is 53.0 Å². The maximum absolute atomic E-state index is 5.42. The van der Waals surface area contributed by atoms with Gasteiger partial charge in [-0.2, -0.15) is 0 Å². The molecule has 0 saturated carbocycles. The van der Waals surface area contributed by atoms with Crippen LogP contribution in [0.15, 0.2) is 47.5 Å². The van der Waals surface area contributed by atoms with E-state index in [1.54, 1.807) is 21.3 Å². The lowest BCUT2D eigenvalue weighted by molar-refractivity contribution is 0.393. The molecule has 1 fully saturated rings. The molecule has 32 heavy (non-hydrogen) atoms. The number of benzene rings is 2. The van der Waals surface area contributed by atoms with Crippen molar-refractivity contribution in [3.8, 4) is 17.2 Å². The van der Waals surface area contributed by atoms with Gasteiger partial charge in [-0.05, 0) is 37.5 Å². The minimum atomic E-state index is 0. The van der Waals surface area contributed by atoms with Gasteiger partial charge in [0.25, 0.3) is 0 Å². The Morgan fingerprint density at radius 3 is 2.06 bits per heavy atom. The average Bonchev–Trinajstić information content (AvgIpc) is 2.83. The number of piperidine rings is 1. The zero-order valence-corrected chi connectivity index (χ0v) is 21.7.